The van der Waals surface area contributed by atoms with Crippen molar-refractivity contribution in [2.45, 2.75) is 26.2 Å². The number of rotatable bonds is 4. The molecule has 3 nitrogen and oxygen atoms in total. The Morgan fingerprint density at radius 1 is 1.47 bits per heavy atom. The third kappa shape index (κ3) is 2.78. The third-order valence-electron chi connectivity index (χ3n) is 2.47. The lowest BCUT2D eigenvalue weighted by atomic mass is 9.94. The molecule has 0 amide bonds. The molecule has 0 atom stereocenters. The molecular formula is C12H11F2NO2. The Morgan fingerprint density at radius 3 is 2.47 bits per heavy atom. The van der Waals surface area contributed by atoms with Crippen LogP contribution in [0.25, 0.3) is 0 Å². The molecule has 0 aliphatic heterocycles. The van der Waals surface area contributed by atoms with Crippen LogP contribution in [-0.2, 0) is 17.6 Å². The zero-order valence-electron chi connectivity index (χ0n) is 9.20. The van der Waals surface area contributed by atoms with Gasteiger partial charge in [-0.2, -0.15) is 5.26 Å². The van der Waals surface area contributed by atoms with Crippen LogP contribution in [0.15, 0.2) is 12.1 Å². The van der Waals surface area contributed by atoms with Crippen molar-refractivity contribution in [2.75, 3.05) is 0 Å². The Balaban J connectivity index is 3.42. The zero-order valence-corrected chi connectivity index (χ0v) is 9.20. The molecule has 1 aromatic carbocycles. The molecule has 5 heteroatoms. The second-order valence-corrected chi connectivity index (χ2v) is 3.51. The number of aliphatic carboxylic acids is 1. The number of halogens is 2. The number of nitriles is 1. The summed E-state index contributed by atoms with van der Waals surface area (Å²) in [5, 5.41) is 17.6. The lowest BCUT2D eigenvalue weighted by molar-refractivity contribution is -0.136. The van der Waals surface area contributed by atoms with Crippen LogP contribution in [0.3, 0.4) is 0 Å². The quantitative estimate of drug-likeness (QED) is 0.878. The van der Waals surface area contributed by atoms with Gasteiger partial charge >= 0.3 is 5.97 Å². The van der Waals surface area contributed by atoms with E-state index in [1.807, 2.05) is 0 Å². The van der Waals surface area contributed by atoms with E-state index in [0.717, 1.165) is 0 Å². The predicted molar refractivity (Wildman–Crippen MR) is 56.8 cm³/mol. The summed E-state index contributed by atoms with van der Waals surface area (Å²) in [5.74, 6) is -1.15. The molecule has 0 aliphatic carbocycles. The molecule has 0 aliphatic rings. The van der Waals surface area contributed by atoms with E-state index in [1.165, 1.54) is 12.1 Å². The van der Waals surface area contributed by atoms with Crippen LogP contribution in [0.1, 0.15) is 35.6 Å². The Morgan fingerprint density at radius 2 is 2.06 bits per heavy atom. The van der Waals surface area contributed by atoms with Gasteiger partial charge in [0.1, 0.15) is 0 Å². The summed E-state index contributed by atoms with van der Waals surface area (Å²) in [4.78, 5) is 10.6. The van der Waals surface area contributed by atoms with E-state index >= 15 is 0 Å². The minimum Gasteiger partial charge on any atom is -0.481 e. The first-order chi connectivity index (χ1) is 8.01. The number of carboxylic acids is 1. The zero-order chi connectivity index (χ0) is 13.0. The van der Waals surface area contributed by atoms with Gasteiger partial charge in [-0.1, -0.05) is 19.1 Å². The number of hydrogen-bond acceptors (Lipinski definition) is 2. The molecule has 0 radical (unpaired) electrons. The number of alkyl halides is 2. The second-order valence-electron chi connectivity index (χ2n) is 3.51. The van der Waals surface area contributed by atoms with Crippen molar-refractivity contribution in [3.8, 4) is 6.07 Å². The monoisotopic (exact) mass is 239 g/mol. The molecule has 0 unspecified atom stereocenters. The van der Waals surface area contributed by atoms with Gasteiger partial charge in [-0.25, -0.2) is 8.78 Å². The van der Waals surface area contributed by atoms with Gasteiger partial charge in [0.2, 0.25) is 0 Å². The molecule has 1 N–H and O–H groups in total. The van der Waals surface area contributed by atoms with E-state index in [4.69, 9.17) is 10.4 Å². The topological polar surface area (TPSA) is 61.1 Å². The first kappa shape index (κ1) is 13.1. The average Bonchev–Trinajstić information content (AvgIpc) is 2.27. The molecule has 1 aromatic rings. The van der Waals surface area contributed by atoms with Crippen molar-refractivity contribution >= 4 is 5.97 Å². The van der Waals surface area contributed by atoms with Crippen molar-refractivity contribution in [1.82, 2.24) is 0 Å². The number of hydrogen-bond donors (Lipinski definition) is 1. The molecule has 0 saturated heterocycles. The Hall–Kier alpha value is -1.96. The lowest BCUT2D eigenvalue weighted by Gasteiger charge is -2.12. The maximum absolute atomic E-state index is 12.9. The summed E-state index contributed by atoms with van der Waals surface area (Å²) in [6, 6.07) is 4.57. The summed E-state index contributed by atoms with van der Waals surface area (Å²) in [7, 11) is 0. The first-order valence-electron chi connectivity index (χ1n) is 5.05. The van der Waals surface area contributed by atoms with Crippen molar-refractivity contribution in [3.05, 3.63) is 34.4 Å². The number of carboxylic acid groups (broad SMARTS) is 1. The van der Waals surface area contributed by atoms with Crippen molar-refractivity contribution in [2.24, 2.45) is 0 Å². The van der Waals surface area contributed by atoms with Crippen LogP contribution >= 0.6 is 0 Å². The highest BCUT2D eigenvalue weighted by Gasteiger charge is 2.20. The number of aryl methyl sites for hydroxylation is 1. The molecule has 0 heterocycles. The summed E-state index contributed by atoms with van der Waals surface area (Å²) in [6.45, 7) is 1.71. The third-order valence-corrected chi connectivity index (χ3v) is 2.47. The van der Waals surface area contributed by atoms with Crippen molar-refractivity contribution in [3.63, 3.8) is 0 Å². The molecule has 1 rings (SSSR count). The van der Waals surface area contributed by atoms with Gasteiger partial charge in [0.15, 0.2) is 0 Å². The van der Waals surface area contributed by atoms with Crippen LogP contribution in [0.4, 0.5) is 8.78 Å². The highest BCUT2D eigenvalue weighted by Crippen LogP contribution is 2.29. The summed E-state index contributed by atoms with van der Waals surface area (Å²) in [6.07, 6.45) is -2.82. The first-order valence-corrected chi connectivity index (χ1v) is 5.05. The van der Waals surface area contributed by atoms with E-state index in [0.29, 0.717) is 12.0 Å². The molecular weight excluding hydrogens is 228 g/mol. The normalized spacial score (nSPS) is 10.3. The largest absolute Gasteiger partial charge is 0.481 e. The molecule has 17 heavy (non-hydrogen) atoms. The number of benzene rings is 1. The molecule has 0 bridgehead atoms. The number of nitrogens with zero attached hydrogens (tertiary/aromatic N) is 1. The van der Waals surface area contributed by atoms with Gasteiger partial charge in [0, 0.05) is 5.56 Å². The van der Waals surface area contributed by atoms with Crippen molar-refractivity contribution < 1.29 is 18.7 Å². The molecule has 0 saturated carbocycles. The van der Waals surface area contributed by atoms with Crippen LogP contribution in [0, 0.1) is 11.3 Å². The standard InChI is InChI=1S/C12H11F2NO2/c1-2-7-3-4-8(5-10(16)17)9(6-15)11(7)12(13)14/h3-4,12H,2,5H2,1H3,(H,16,17). The maximum atomic E-state index is 12.9. The fourth-order valence-electron chi connectivity index (χ4n) is 1.71. The molecule has 0 fully saturated rings. The molecule has 0 aromatic heterocycles. The van der Waals surface area contributed by atoms with Gasteiger partial charge in [-0.3, -0.25) is 4.79 Å². The minimum atomic E-state index is -2.77. The summed E-state index contributed by atoms with van der Waals surface area (Å²) in [5.41, 5.74) is -0.0336. The van der Waals surface area contributed by atoms with Crippen molar-refractivity contribution in [1.29, 1.82) is 5.26 Å². The van der Waals surface area contributed by atoms with Gasteiger partial charge in [0.25, 0.3) is 6.43 Å². The van der Waals surface area contributed by atoms with E-state index < -0.39 is 18.8 Å². The maximum Gasteiger partial charge on any atom is 0.307 e. The minimum absolute atomic E-state index is 0.132. The average molecular weight is 239 g/mol. The summed E-state index contributed by atoms with van der Waals surface area (Å²) < 4.78 is 25.8. The highest BCUT2D eigenvalue weighted by molar-refractivity contribution is 5.72. The lowest BCUT2D eigenvalue weighted by Crippen LogP contribution is -2.07. The van der Waals surface area contributed by atoms with Gasteiger partial charge < -0.3 is 5.11 Å². The van der Waals surface area contributed by atoms with E-state index in [2.05, 4.69) is 0 Å². The second kappa shape index (κ2) is 5.39. The molecule has 90 valence electrons. The Bertz CT molecular complexity index is 478. The SMILES string of the molecule is CCc1ccc(CC(=O)O)c(C#N)c1C(F)F. The van der Waals surface area contributed by atoms with E-state index in [-0.39, 0.29) is 16.7 Å². The highest BCUT2D eigenvalue weighted by atomic mass is 19.3. The van der Waals surface area contributed by atoms with Gasteiger partial charge in [-0.15, -0.1) is 0 Å². The van der Waals surface area contributed by atoms with Crippen LogP contribution in [-0.4, -0.2) is 11.1 Å². The Kier molecular flexibility index (Phi) is 4.16. The van der Waals surface area contributed by atoms with Gasteiger partial charge in [-0.05, 0) is 17.5 Å². The van der Waals surface area contributed by atoms with Crippen LogP contribution in [0.2, 0.25) is 0 Å². The predicted octanol–water partition coefficient (Wildman–Crippen LogP) is 2.69. The van der Waals surface area contributed by atoms with Gasteiger partial charge in [0.05, 0.1) is 18.1 Å². The molecule has 0 spiro atoms. The van der Waals surface area contributed by atoms with E-state index in [9.17, 15) is 13.6 Å². The number of carbonyl (C=O) groups is 1. The van der Waals surface area contributed by atoms with Crippen LogP contribution in [0.5, 0.6) is 0 Å². The summed E-state index contributed by atoms with van der Waals surface area (Å²) >= 11 is 0. The fraction of sp³-hybridized carbons (Fsp3) is 0.333. The van der Waals surface area contributed by atoms with Crippen LogP contribution < -0.4 is 0 Å². The smallest absolute Gasteiger partial charge is 0.307 e. The fourth-order valence-corrected chi connectivity index (χ4v) is 1.71. The van der Waals surface area contributed by atoms with E-state index in [1.54, 1.807) is 13.0 Å². The Labute approximate surface area is 97.3 Å².